The third-order valence-corrected chi connectivity index (χ3v) is 7.85. The zero-order valence-electron chi connectivity index (χ0n) is 19.0. The summed E-state index contributed by atoms with van der Waals surface area (Å²) >= 11 is 6.04. The van der Waals surface area contributed by atoms with Crippen LogP contribution in [0.15, 0.2) is 24.4 Å². The molecule has 4 atom stereocenters. The number of hydrogen-bond donors (Lipinski definition) is 1. The summed E-state index contributed by atoms with van der Waals surface area (Å²) in [5.74, 6) is -2.32. The summed E-state index contributed by atoms with van der Waals surface area (Å²) in [6.07, 6.45) is 6.23. The van der Waals surface area contributed by atoms with Crippen molar-refractivity contribution in [3.05, 3.63) is 58.4 Å². The van der Waals surface area contributed by atoms with Crippen molar-refractivity contribution in [2.24, 2.45) is 11.8 Å². The highest BCUT2D eigenvalue weighted by Gasteiger charge is 2.43. The smallest absolute Gasteiger partial charge is 0.242 e. The summed E-state index contributed by atoms with van der Waals surface area (Å²) in [6, 6.07) is 4.37. The molecule has 3 aromatic rings. The Kier molecular flexibility index (Phi) is 5.78. The van der Waals surface area contributed by atoms with Crippen molar-refractivity contribution >= 4 is 23.2 Å². The van der Waals surface area contributed by atoms with Crippen molar-refractivity contribution in [2.45, 2.75) is 50.6 Å². The minimum atomic E-state index is -1.44. The molecule has 0 unspecified atom stereocenters. The molecule has 1 N–H and O–H groups in total. The molecule has 1 aromatic carbocycles. The average molecular weight is 504 g/mol. The second-order valence-electron chi connectivity index (χ2n) is 9.74. The normalized spacial score (nSPS) is 25.9. The Labute approximate surface area is 205 Å². The molecule has 2 aliphatic heterocycles. The van der Waals surface area contributed by atoms with Gasteiger partial charge in [-0.15, -0.1) is 10.2 Å². The summed E-state index contributed by atoms with van der Waals surface area (Å²) in [5, 5.41) is 16.4. The van der Waals surface area contributed by atoms with E-state index in [0.717, 1.165) is 50.5 Å². The van der Waals surface area contributed by atoms with E-state index in [1.165, 1.54) is 6.07 Å². The molecule has 2 bridgehead atoms. The van der Waals surface area contributed by atoms with Crippen LogP contribution in [-0.4, -0.2) is 44.1 Å². The zero-order valence-corrected chi connectivity index (χ0v) is 19.7. The fraction of sp³-hybridized carbons (Fsp3) is 0.500. The highest BCUT2D eigenvalue weighted by atomic mass is 35.5. The van der Waals surface area contributed by atoms with E-state index in [2.05, 4.69) is 20.4 Å². The van der Waals surface area contributed by atoms with E-state index < -0.39 is 23.4 Å². The van der Waals surface area contributed by atoms with Crippen LogP contribution in [0, 0.1) is 29.3 Å². The maximum absolute atomic E-state index is 14.7. The molecule has 1 saturated carbocycles. The largest absolute Gasteiger partial charge is 0.369 e. The number of hydrogen-bond acceptors (Lipinski definition) is 6. The molecule has 4 heterocycles. The van der Waals surface area contributed by atoms with E-state index in [4.69, 9.17) is 21.7 Å². The van der Waals surface area contributed by atoms with Crippen molar-refractivity contribution in [2.75, 3.05) is 23.3 Å². The van der Waals surface area contributed by atoms with Crippen LogP contribution in [0.25, 0.3) is 0 Å². The number of nitrogens with zero attached hydrogens (tertiary/aromatic N) is 6. The maximum atomic E-state index is 14.7. The summed E-state index contributed by atoms with van der Waals surface area (Å²) in [4.78, 5) is 7.05. The quantitative estimate of drug-likeness (QED) is 0.517. The second kappa shape index (κ2) is 8.96. The van der Waals surface area contributed by atoms with Crippen LogP contribution in [0.5, 0.6) is 0 Å². The Hall–Kier alpha value is -2.88. The van der Waals surface area contributed by atoms with Crippen LogP contribution < -0.4 is 10.2 Å². The molecule has 2 aromatic heterocycles. The number of rotatable bonds is 4. The van der Waals surface area contributed by atoms with Crippen molar-refractivity contribution in [1.82, 2.24) is 25.0 Å². The Morgan fingerprint density at radius 1 is 1.00 bits per heavy atom. The first-order valence-corrected chi connectivity index (χ1v) is 12.4. The van der Waals surface area contributed by atoms with E-state index in [9.17, 15) is 13.2 Å². The summed E-state index contributed by atoms with van der Waals surface area (Å²) in [6.45, 7) is 2.39. The number of benzene rings is 1. The second-order valence-corrected chi connectivity index (χ2v) is 10.1. The molecular formula is C24H25ClF3N7. The lowest BCUT2D eigenvalue weighted by Crippen LogP contribution is -2.48. The van der Waals surface area contributed by atoms with Gasteiger partial charge >= 0.3 is 0 Å². The van der Waals surface area contributed by atoms with Gasteiger partial charge in [-0.25, -0.2) is 17.9 Å². The highest BCUT2D eigenvalue weighted by Crippen LogP contribution is 2.41. The molecule has 0 amide bonds. The SMILES string of the molecule is Fc1ccc([C@H]2CCCCn3nc(N[C@H]4[C@@H]5CC[C@H]4CN(c4cnnc(Cl)c4)C5)nc32)c(F)c1F. The summed E-state index contributed by atoms with van der Waals surface area (Å²) in [7, 11) is 0. The van der Waals surface area contributed by atoms with Crippen LogP contribution in [0.3, 0.4) is 0 Å². The highest BCUT2D eigenvalue weighted by molar-refractivity contribution is 6.29. The first kappa shape index (κ1) is 22.6. The van der Waals surface area contributed by atoms with Gasteiger partial charge in [-0.1, -0.05) is 24.1 Å². The minimum absolute atomic E-state index is 0.129. The van der Waals surface area contributed by atoms with Gasteiger partial charge in [-0.2, -0.15) is 10.1 Å². The molecule has 0 spiro atoms. The Morgan fingerprint density at radius 3 is 2.57 bits per heavy atom. The van der Waals surface area contributed by atoms with E-state index in [1.54, 1.807) is 10.9 Å². The van der Waals surface area contributed by atoms with E-state index in [1.807, 2.05) is 6.07 Å². The van der Waals surface area contributed by atoms with Gasteiger partial charge in [0, 0.05) is 43.2 Å². The van der Waals surface area contributed by atoms with Gasteiger partial charge in [0.1, 0.15) is 5.82 Å². The van der Waals surface area contributed by atoms with Gasteiger partial charge in [0.15, 0.2) is 22.6 Å². The molecule has 0 radical (unpaired) electrons. The molecule has 35 heavy (non-hydrogen) atoms. The standard InChI is InChI=1S/C24H25ClF3N7/c25-19-9-15(10-29-32-19)34-11-13-4-5-14(12-34)22(13)30-24-31-23-17(3-1-2-8-35(23)33-24)16-6-7-18(26)21(28)20(16)27/h6-7,9-10,13-14,17,22H,1-5,8,11-12H2,(H,30,33)/t13-,14+,17-,22+/m1/s1. The summed E-state index contributed by atoms with van der Waals surface area (Å²) < 4.78 is 44.0. The van der Waals surface area contributed by atoms with Gasteiger partial charge in [-0.3, -0.25) is 0 Å². The van der Waals surface area contributed by atoms with Crippen LogP contribution in [0.2, 0.25) is 5.15 Å². The lowest BCUT2D eigenvalue weighted by Gasteiger charge is -2.39. The van der Waals surface area contributed by atoms with Crippen LogP contribution in [-0.2, 0) is 6.54 Å². The first-order chi connectivity index (χ1) is 17.0. The monoisotopic (exact) mass is 503 g/mol. The first-order valence-electron chi connectivity index (χ1n) is 12.1. The number of halogens is 4. The molecule has 2 fully saturated rings. The van der Waals surface area contributed by atoms with Gasteiger partial charge in [0.2, 0.25) is 5.95 Å². The molecule has 11 heteroatoms. The fourth-order valence-corrected chi connectivity index (χ4v) is 6.16. The number of aryl methyl sites for hydroxylation is 1. The van der Waals surface area contributed by atoms with Crippen LogP contribution >= 0.6 is 11.6 Å². The number of anilines is 2. The molecular weight excluding hydrogens is 479 g/mol. The van der Waals surface area contributed by atoms with Crippen molar-refractivity contribution in [3.63, 3.8) is 0 Å². The molecule has 1 aliphatic carbocycles. The number of nitrogens with one attached hydrogen (secondary N) is 1. The fourth-order valence-electron chi connectivity index (χ4n) is 6.00. The zero-order chi connectivity index (χ0) is 24.1. The van der Waals surface area contributed by atoms with Gasteiger partial charge in [0.25, 0.3) is 0 Å². The maximum Gasteiger partial charge on any atom is 0.242 e. The number of fused-ring (bicyclic) bond motifs is 3. The molecule has 3 aliphatic rings. The van der Waals surface area contributed by atoms with Gasteiger partial charge < -0.3 is 10.2 Å². The van der Waals surface area contributed by atoms with E-state index in [0.29, 0.717) is 41.7 Å². The predicted octanol–water partition coefficient (Wildman–Crippen LogP) is 4.78. The Morgan fingerprint density at radius 2 is 1.80 bits per heavy atom. The van der Waals surface area contributed by atoms with E-state index >= 15 is 0 Å². The van der Waals surface area contributed by atoms with Crippen LogP contribution in [0.4, 0.5) is 24.8 Å². The molecule has 7 nitrogen and oxygen atoms in total. The third kappa shape index (κ3) is 4.11. The Bertz CT molecular complexity index is 1240. The van der Waals surface area contributed by atoms with Crippen molar-refractivity contribution in [1.29, 1.82) is 0 Å². The number of aromatic nitrogens is 5. The van der Waals surface area contributed by atoms with E-state index in [-0.39, 0.29) is 11.6 Å². The molecule has 6 rings (SSSR count). The van der Waals surface area contributed by atoms with Gasteiger partial charge in [-0.05, 0) is 43.6 Å². The van der Waals surface area contributed by atoms with Gasteiger partial charge in [0.05, 0.1) is 11.9 Å². The molecule has 184 valence electrons. The number of piperidine rings is 1. The average Bonchev–Trinajstić information content (AvgIpc) is 3.25. The van der Waals surface area contributed by atoms with Crippen LogP contribution in [0.1, 0.15) is 49.4 Å². The summed E-state index contributed by atoms with van der Waals surface area (Å²) in [5.41, 5.74) is 1.10. The predicted molar refractivity (Wildman–Crippen MR) is 125 cm³/mol. The lowest BCUT2D eigenvalue weighted by atomic mass is 9.92. The van der Waals surface area contributed by atoms with Crippen molar-refractivity contribution < 1.29 is 13.2 Å². The molecule has 1 saturated heterocycles. The lowest BCUT2D eigenvalue weighted by molar-refractivity contribution is 0.376. The van der Waals surface area contributed by atoms with Crippen molar-refractivity contribution in [3.8, 4) is 0 Å². The minimum Gasteiger partial charge on any atom is -0.369 e. The topological polar surface area (TPSA) is 71.8 Å². The third-order valence-electron chi connectivity index (χ3n) is 7.67. The Balaban J connectivity index is 1.24.